The third kappa shape index (κ3) is 6.64. The van der Waals surface area contributed by atoms with Gasteiger partial charge in [0, 0.05) is 28.4 Å². The maximum atomic E-state index is 2.53. The van der Waals surface area contributed by atoms with Crippen LogP contribution in [0, 0.1) is 0 Å². The Bertz CT molecular complexity index is 2950. The van der Waals surface area contributed by atoms with Crippen LogP contribution >= 0.6 is 0 Å². The Morgan fingerprint density at radius 1 is 0.476 bits per heavy atom. The van der Waals surface area contributed by atoms with Crippen LogP contribution in [0.2, 0.25) is 0 Å². The summed E-state index contributed by atoms with van der Waals surface area (Å²) in [5.41, 5.74) is 21.1. The molecule has 0 aromatic heterocycles. The topological polar surface area (TPSA) is 6.48 Å². The predicted octanol–water partition coefficient (Wildman–Crippen LogP) is 16.9. The Labute approximate surface area is 374 Å². The van der Waals surface area contributed by atoms with Gasteiger partial charge in [-0.3, -0.25) is 0 Å². The van der Waals surface area contributed by atoms with Gasteiger partial charge in [0.2, 0.25) is 0 Å². The zero-order chi connectivity index (χ0) is 43.1. The second kappa shape index (κ2) is 16.3. The zero-order valence-electron chi connectivity index (χ0n) is 37.0. The van der Waals surface area contributed by atoms with Gasteiger partial charge in [0.15, 0.2) is 0 Å². The lowest BCUT2D eigenvalue weighted by atomic mass is 9.63. The lowest BCUT2D eigenvalue weighted by Gasteiger charge is -2.47. The molecule has 8 aromatic rings. The summed E-state index contributed by atoms with van der Waals surface area (Å²) in [6.07, 6.45) is 6.85. The summed E-state index contributed by atoms with van der Waals surface area (Å²) >= 11 is 0. The number of hydrogen-bond donors (Lipinski definition) is 0. The number of anilines is 5. The summed E-state index contributed by atoms with van der Waals surface area (Å²) in [4.78, 5) is 4.88. The van der Waals surface area contributed by atoms with Crippen molar-refractivity contribution in [3.05, 3.63) is 246 Å². The minimum atomic E-state index is -0.438. The van der Waals surface area contributed by atoms with E-state index in [-0.39, 0.29) is 5.41 Å². The number of rotatable bonds is 6. The molecular weight excluding hydrogens is 761 g/mol. The van der Waals surface area contributed by atoms with Crippen molar-refractivity contribution in [3.63, 3.8) is 0 Å². The highest BCUT2D eigenvalue weighted by Gasteiger charge is 2.52. The number of benzene rings is 8. The van der Waals surface area contributed by atoms with Gasteiger partial charge in [-0.15, -0.1) is 0 Å². The smallest absolute Gasteiger partial charge is 0.0751 e. The fraction of sp³-hybridized carbons (Fsp3) is 0.148. The van der Waals surface area contributed by atoms with Gasteiger partial charge in [-0.2, -0.15) is 0 Å². The standard InChI is InChI=1S/C59H48N2.C2H6/c1-58(2,3)54-40-47(60(44-19-7-4-8-20-44)45-21-9-5-10-22-45)36-38-48(54)42-33-31-41(32-34-42)43-35-37-50-49-25-13-14-26-51(49)59(55(50)39-43)52-27-15-17-29-56(52)61(46-23-11-6-12-24-46)57-30-18-16-28-53(57)59;1-2/h4-17,19-29,31-40H,18,30H2,1-3H3;1-2H3. The maximum Gasteiger partial charge on any atom is 0.0751 e. The lowest BCUT2D eigenvalue weighted by molar-refractivity contribution is 0.592. The van der Waals surface area contributed by atoms with Crippen molar-refractivity contribution < 1.29 is 0 Å². The van der Waals surface area contributed by atoms with Crippen molar-refractivity contribution in [1.29, 1.82) is 0 Å². The fourth-order valence-electron chi connectivity index (χ4n) is 10.4. The van der Waals surface area contributed by atoms with Crippen LogP contribution < -0.4 is 9.80 Å². The first-order valence-electron chi connectivity index (χ1n) is 22.7. The molecule has 0 saturated carbocycles. The molecular formula is C61H54N2. The van der Waals surface area contributed by atoms with Crippen LogP contribution in [0.1, 0.15) is 69.7 Å². The van der Waals surface area contributed by atoms with Crippen molar-refractivity contribution >= 4 is 28.4 Å². The SMILES string of the molecule is CC.CC(C)(C)c1cc(N(c2ccccc2)c2ccccc2)ccc1-c1ccc(-c2ccc3c(c2)C2(C4=C(CCC=C4)N(c4ccccc4)c4ccccc42)c2ccccc2-3)cc1. The number of para-hydroxylation sites is 4. The van der Waals surface area contributed by atoms with Crippen LogP contribution in [-0.2, 0) is 10.8 Å². The van der Waals surface area contributed by atoms with Gasteiger partial charge >= 0.3 is 0 Å². The fourth-order valence-corrected chi connectivity index (χ4v) is 10.4. The van der Waals surface area contributed by atoms with Crippen LogP contribution in [-0.4, -0.2) is 0 Å². The lowest BCUT2D eigenvalue weighted by Crippen LogP contribution is -2.39. The third-order valence-electron chi connectivity index (χ3n) is 13.1. The van der Waals surface area contributed by atoms with Crippen LogP contribution in [0.4, 0.5) is 28.4 Å². The van der Waals surface area contributed by atoms with Crippen LogP contribution in [0.25, 0.3) is 33.4 Å². The largest absolute Gasteiger partial charge is 0.314 e. The van der Waals surface area contributed by atoms with Crippen molar-refractivity contribution in [2.45, 2.75) is 58.3 Å². The molecule has 63 heavy (non-hydrogen) atoms. The molecule has 0 amide bonds. The molecule has 2 nitrogen and oxygen atoms in total. The number of allylic oxidation sites excluding steroid dienone is 4. The first kappa shape index (κ1) is 39.9. The molecule has 0 bridgehead atoms. The van der Waals surface area contributed by atoms with E-state index in [4.69, 9.17) is 0 Å². The molecule has 11 rings (SSSR count). The van der Waals surface area contributed by atoms with Crippen molar-refractivity contribution in [2.24, 2.45) is 0 Å². The Kier molecular flexibility index (Phi) is 10.3. The highest BCUT2D eigenvalue weighted by Crippen LogP contribution is 2.63. The summed E-state index contributed by atoms with van der Waals surface area (Å²) in [6.45, 7) is 11.0. The number of hydrogen-bond acceptors (Lipinski definition) is 2. The Balaban J connectivity index is 0.00000232. The monoisotopic (exact) mass is 814 g/mol. The van der Waals surface area contributed by atoms with Gasteiger partial charge in [-0.1, -0.05) is 186 Å². The predicted molar refractivity (Wildman–Crippen MR) is 268 cm³/mol. The van der Waals surface area contributed by atoms with E-state index in [0.717, 1.165) is 29.9 Å². The van der Waals surface area contributed by atoms with E-state index in [2.05, 4.69) is 243 Å². The molecule has 1 atom stereocenters. The van der Waals surface area contributed by atoms with Gasteiger partial charge in [0.05, 0.1) is 11.1 Å². The molecule has 0 radical (unpaired) electrons. The molecule has 308 valence electrons. The second-order valence-electron chi connectivity index (χ2n) is 17.6. The molecule has 2 heteroatoms. The minimum Gasteiger partial charge on any atom is -0.314 e. The van der Waals surface area contributed by atoms with Crippen LogP contribution in [0.15, 0.2) is 224 Å². The third-order valence-corrected chi connectivity index (χ3v) is 13.1. The summed E-state index contributed by atoms with van der Waals surface area (Å²) in [5.74, 6) is 0. The van der Waals surface area contributed by atoms with Crippen LogP contribution in [0.5, 0.6) is 0 Å². The summed E-state index contributed by atoms with van der Waals surface area (Å²) in [5, 5.41) is 0. The molecule has 3 aliphatic rings. The highest BCUT2D eigenvalue weighted by molar-refractivity contribution is 5.94. The normalized spacial score (nSPS) is 15.8. The van der Waals surface area contributed by atoms with Gasteiger partial charge in [-0.05, 0) is 140 Å². The number of fused-ring (bicyclic) bond motifs is 8. The average Bonchev–Trinajstić information content (AvgIpc) is 3.63. The maximum absolute atomic E-state index is 2.53. The highest BCUT2D eigenvalue weighted by atomic mass is 15.2. The van der Waals surface area contributed by atoms with E-state index < -0.39 is 5.41 Å². The average molecular weight is 815 g/mol. The summed E-state index contributed by atoms with van der Waals surface area (Å²) in [7, 11) is 0. The van der Waals surface area contributed by atoms with Gasteiger partial charge in [-0.25, -0.2) is 0 Å². The Morgan fingerprint density at radius 3 is 1.71 bits per heavy atom. The molecule has 0 fully saturated rings. The van der Waals surface area contributed by atoms with Crippen molar-refractivity contribution in [1.82, 2.24) is 0 Å². The van der Waals surface area contributed by atoms with E-state index in [0.29, 0.717) is 0 Å². The van der Waals surface area contributed by atoms with Crippen LogP contribution in [0.3, 0.4) is 0 Å². The molecule has 1 spiro atoms. The minimum absolute atomic E-state index is 0.0835. The second-order valence-corrected chi connectivity index (χ2v) is 17.6. The quantitative estimate of drug-likeness (QED) is 0.165. The Morgan fingerprint density at radius 2 is 1.03 bits per heavy atom. The van der Waals surface area contributed by atoms with E-state index in [1.807, 2.05) is 13.8 Å². The van der Waals surface area contributed by atoms with Gasteiger partial charge in [0.1, 0.15) is 0 Å². The Hall–Kier alpha value is -7.16. The molecule has 0 N–H and O–H groups in total. The van der Waals surface area contributed by atoms with Gasteiger partial charge in [0.25, 0.3) is 0 Å². The molecule has 1 unspecified atom stereocenters. The van der Waals surface area contributed by atoms with E-state index in [1.165, 1.54) is 78.3 Å². The van der Waals surface area contributed by atoms with E-state index in [1.54, 1.807) is 0 Å². The summed E-state index contributed by atoms with van der Waals surface area (Å²) < 4.78 is 0. The first-order valence-corrected chi connectivity index (χ1v) is 22.7. The molecule has 1 heterocycles. The zero-order valence-corrected chi connectivity index (χ0v) is 37.0. The molecule has 2 aliphatic carbocycles. The van der Waals surface area contributed by atoms with Crippen molar-refractivity contribution in [2.75, 3.05) is 9.80 Å². The first-order chi connectivity index (χ1) is 30.9. The van der Waals surface area contributed by atoms with Gasteiger partial charge < -0.3 is 9.80 Å². The summed E-state index contributed by atoms with van der Waals surface area (Å²) in [6, 6.07) is 74.0. The molecule has 1 aliphatic heterocycles. The number of nitrogens with zero attached hydrogens (tertiary/aromatic N) is 2. The van der Waals surface area contributed by atoms with E-state index in [9.17, 15) is 0 Å². The molecule has 0 saturated heterocycles. The van der Waals surface area contributed by atoms with Crippen molar-refractivity contribution in [3.8, 4) is 33.4 Å². The molecule has 8 aromatic carbocycles. The van der Waals surface area contributed by atoms with E-state index >= 15 is 0 Å².